The van der Waals surface area contributed by atoms with Crippen LogP contribution in [0.4, 0.5) is 11.4 Å². The van der Waals surface area contributed by atoms with Gasteiger partial charge in [0.25, 0.3) is 0 Å². The molecule has 0 bridgehead atoms. The lowest BCUT2D eigenvalue weighted by atomic mass is 9.79. The molecular weight excluding hydrogens is 362 g/mol. The van der Waals surface area contributed by atoms with Gasteiger partial charge in [0.05, 0.1) is 5.41 Å². The van der Waals surface area contributed by atoms with Gasteiger partial charge in [0.15, 0.2) is 0 Å². The largest absolute Gasteiger partial charge is 0.381 e. The molecule has 5 heteroatoms. The van der Waals surface area contributed by atoms with E-state index >= 15 is 0 Å². The lowest BCUT2D eigenvalue weighted by molar-refractivity contribution is -0.130. The van der Waals surface area contributed by atoms with Crippen LogP contribution < -0.4 is 9.80 Å². The number of nitrogens with zero attached hydrogens (tertiary/aromatic N) is 3. The van der Waals surface area contributed by atoms with Gasteiger partial charge in [-0.3, -0.25) is 9.69 Å². The van der Waals surface area contributed by atoms with Crippen molar-refractivity contribution >= 4 is 17.3 Å². The number of hydrogen-bond acceptors (Lipinski definition) is 4. The normalized spacial score (nSPS) is 30.1. The van der Waals surface area contributed by atoms with E-state index in [0.29, 0.717) is 11.9 Å². The number of anilines is 2. The lowest BCUT2D eigenvalue weighted by Crippen LogP contribution is -2.39. The highest BCUT2D eigenvalue weighted by molar-refractivity contribution is 6.00. The molecule has 0 N–H and O–H groups in total. The van der Waals surface area contributed by atoms with Gasteiger partial charge in [-0.2, -0.15) is 0 Å². The van der Waals surface area contributed by atoms with Gasteiger partial charge in [0, 0.05) is 56.3 Å². The third kappa shape index (κ3) is 3.36. The summed E-state index contributed by atoms with van der Waals surface area (Å²) >= 11 is 0. The molecule has 1 aromatic carbocycles. The monoisotopic (exact) mass is 397 g/mol. The molecule has 4 aliphatic rings. The van der Waals surface area contributed by atoms with E-state index in [0.717, 1.165) is 63.8 Å². The van der Waals surface area contributed by atoms with E-state index in [1.165, 1.54) is 37.1 Å². The van der Waals surface area contributed by atoms with Gasteiger partial charge in [-0.1, -0.05) is 0 Å². The first kappa shape index (κ1) is 19.4. The van der Waals surface area contributed by atoms with Gasteiger partial charge in [-0.15, -0.1) is 0 Å². The summed E-state index contributed by atoms with van der Waals surface area (Å²) < 4.78 is 5.51. The topological polar surface area (TPSA) is 36.0 Å². The van der Waals surface area contributed by atoms with E-state index in [1.807, 2.05) is 4.90 Å². The molecule has 4 heterocycles. The number of carbonyl (C=O) groups excluding carboxylic acids is 1. The van der Waals surface area contributed by atoms with Crippen molar-refractivity contribution in [2.45, 2.75) is 64.5 Å². The maximum Gasteiger partial charge on any atom is 0.233 e. The summed E-state index contributed by atoms with van der Waals surface area (Å²) in [7, 11) is 0. The summed E-state index contributed by atoms with van der Waals surface area (Å²) in [6.45, 7) is 10.4. The Morgan fingerprint density at radius 1 is 1.07 bits per heavy atom. The standard InChI is InChI=1S/C24H35N3O2/c1-18-16-20(25-12-7-21(17-25)26-11-3-4-19(26)2)5-6-22(18)27-13-8-24(23(27)28)9-14-29-15-10-24/h5-6,16,19,21H,3-4,7-15,17H2,1-2H3/t19-,21-/m0/s1. The van der Waals surface area contributed by atoms with Crippen molar-refractivity contribution in [3.63, 3.8) is 0 Å². The number of carbonyl (C=O) groups is 1. The highest BCUT2D eigenvalue weighted by Crippen LogP contribution is 2.43. The molecule has 0 unspecified atom stereocenters. The number of benzene rings is 1. The van der Waals surface area contributed by atoms with Crippen molar-refractivity contribution in [2.24, 2.45) is 5.41 Å². The van der Waals surface area contributed by atoms with Crippen molar-refractivity contribution in [1.82, 2.24) is 4.90 Å². The molecule has 4 aliphatic heterocycles. The minimum absolute atomic E-state index is 0.169. The molecule has 0 saturated carbocycles. The number of aryl methyl sites for hydroxylation is 1. The molecule has 0 aliphatic carbocycles. The molecule has 158 valence electrons. The Morgan fingerprint density at radius 3 is 2.62 bits per heavy atom. The summed E-state index contributed by atoms with van der Waals surface area (Å²) in [4.78, 5) is 20.6. The van der Waals surface area contributed by atoms with Crippen LogP contribution in [0.25, 0.3) is 0 Å². The van der Waals surface area contributed by atoms with Gasteiger partial charge in [0.1, 0.15) is 0 Å². The molecule has 0 radical (unpaired) electrons. The van der Waals surface area contributed by atoms with E-state index in [2.05, 4.69) is 41.8 Å². The lowest BCUT2D eigenvalue weighted by Gasteiger charge is -2.32. The Kier molecular flexibility index (Phi) is 5.07. The highest BCUT2D eigenvalue weighted by Gasteiger charge is 2.48. The third-order valence-corrected chi connectivity index (χ3v) is 8.04. The number of ether oxygens (including phenoxy) is 1. The number of rotatable bonds is 3. The number of hydrogen-bond donors (Lipinski definition) is 0. The van der Waals surface area contributed by atoms with Gasteiger partial charge in [0.2, 0.25) is 5.91 Å². The Labute approximate surface area is 175 Å². The van der Waals surface area contributed by atoms with Crippen molar-refractivity contribution in [2.75, 3.05) is 49.2 Å². The fraction of sp³-hybridized carbons (Fsp3) is 0.708. The quantitative estimate of drug-likeness (QED) is 0.781. The first-order valence-electron chi connectivity index (χ1n) is 11.6. The average molecular weight is 398 g/mol. The predicted octanol–water partition coefficient (Wildman–Crippen LogP) is 3.59. The average Bonchev–Trinajstić information content (AvgIpc) is 3.44. The Balaban J connectivity index is 1.29. The van der Waals surface area contributed by atoms with E-state index in [4.69, 9.17) is 4.74 Å². The van der Waals surface area contributed by atoms with Crippen LogP contribution in [0.15, 0.2) is 18.2 Å². The fourth-order valence-electron chi connectivity index (χ4n) is 6.16. The maximum atomic E-state index is 13.3. The summed E-state index contributed by atoms with van der Waals surface area (Å²) in [6, 6.07) is 8.16. The zero-order valence-electron chi connectivity index (χ0n) is 18.0. The molecule has 0 aromatic heterocycles. The minimum atomic E-state index is -0.169. The van der Waals surface area contributed by atoms with Crippen LogP contribution in [0.1, 0.15) is 51.0 Å². The van der Waals surface area contributed by atoms with Gasteiger partial charge < -0.3 is 14.5 Å². The summed E-state index contributed by atoms with van der Waals surface area (Å²) in [5.41, 5.74) is 3.47. The second-order valence-corrected chi connectivity index (χ2v) is 9.69. The van der Waals surface area contributed by atoms with Crippen LogP contribution in [0.3, 0.4) is 0 Å². The molecule has 4 fully saturated rings. The molecule has 4 saturated heterocycles. The van der Waals surface area contributed by atoms with Crippen LogP contribution in [-0.4, -0.2) is 62.3 Å². The third-order valence-electron chi connectivity index (χ3n) is 8.04. The molecule has 1 spiro atoms. The van der Waals surface area contributed by atoms with Crippen molar-refractivity contribution in [3.8, 4) is 0 Å². The SMILES string of the molecule is Cc1cc(N2CC[C@H](N3CCC[C@@H]3C)C2)ccc1N1CCC2(CCOCC2)C1=O. The van der Waals surface area contributed by atoms with Crippen molar-refractivity contribution in [1.29, 1.82) is 0 Å². The minimum Gasteiger partial charge on any atom is -0.381 e. The second-order valence-electron chi connectivity index (χ2n) is 9.69. The zero-order valence-corrected chi connectivity index (χ0v) is 18.0. The van der Waals surface area contributed by atoms with Crippen LogP contribution in [0.5, 0.6) is 0 Å². The molecule has 5 rings (SSSR count). The number of amides is 1. The van der Waals surface area contributed by atoms with Crippen LogP contribution in [-0.2, 0) is 9.53 Å². The summed E-state index contributed by atoms with van der Waals surface area (Å²) in [5, 5.41) is 0. The highest BCUT2D eigenvalue weighted by atomic mass is 16.5. The molecule has 2 atom stereocenters. The Morgan fingerprint density at radius 2 is 1.90 bits per heavy atom. The molecule has 1 amide bonds. The van der Waals surface area contributed by atoms with E-state index in [9.17, 15) is 4.79 Å². The van der Waals surface area contributed by atoms with Crippen LogP contribution >= 0.6 is 0 Å². The van der Waals surface area contributed by atoms with Gasteiger partial charge in [-0.05, 0) is 82.7 Å². The first-order valence-corrected chi connectivity index (χ1v) is 11.6. The molecule has 5 nitrogen and oxygen atoms in total. The molecular formula is C24H35N3O2. The summed E-state index contributed by atoms with van der Waals surface area (Å²) in [6.07, 6.45) is 6.69. The fourth-order valence-corrected chi connectivity index (χ4v) is 6.16. The zero-order chi connectivity index (χ0) is 20.0. The van der Waals surface area contributed by atoms with Crippen molar-refractivity contribution in [3.05, 3.63) is 23.8 Å². The molecule has 29 heavy (non-hydrogen) atoms. The Hall–Kier alpha value is -1.59. The van der Waals surface area contributed by atoms with Gasteiger partial charge >= 0.3 is 0 Å². The second kappa shape index (κ2) is 7.59. The number of likely N-dealkylation sites (tertiary alicyclic amines) is 1. The van der Waals surface area contributed by atoms with E-state index < -0.39 is 0 Å². The molecule has 1 aromatic rings. The predicted molar refractivity (Wildman–Crippen MR) is 117 cm³/mol. The summed E-state index contributed by atoms with van der Waals surface area (Å²) in [5.74, 6) is 0.320. The van der Waals surface area contributed by atoms with Crippen LogP contribution in [0, 0.1) is 12.3 Å². The maximum absolute atomic E-state index is 13.3. The van der Waals surface area contributed by atoms with E-state index in [-0.39, 0.29) is 5.41 Å². The van der Waals surface area contributed by atoms with Crippen molar-refractivity contribution < 1.29 is 9.53 Å². The smallest absolute Gasteiger partial charge is 0.233 e. The Bertz CT molecular complexity index is 773. The van der Waals surface area contributed by atoms with Crippen LogP contribution in [0.2, 0.25) is 0 Å². The first-order chi connectivity index (χ1) is 14.1. The van der Waals surface area contributed by atoms with E-state index in [1.54, 1.807) is 0 Å². The van der Waals surface area contributed by atoms with Gasteiger partial charge in [-0.25, -0.2) is 0 Å².